The molecule has 1 fully saturated rings. The van der Waals surface area contributed by atoms with E-state index in [2.05, 4.69) is 21.2 Å². The first-order chi connectivity index (χ1) is 12.8. The number of nitrogens with zero attached hydrogens (tertiary/aromatic N) is 1. The van der Waals surface area contributed by atoms with Crippen LogP contribution in [0.1, 0.15) is 42.6 Å². The zero-order valence-corrected chi connectivity index (χ0v) is 17.8. The number of halogens is 1. The Morgan fingerprint density at radius 2 is 1.59 bits per heavy atom. The topological polar surface area (TPSA) is 66.5 Å². The van der Waals surface area contributed by atoms with Crippen molar-refractivity contribution in [2.75, 3.05) is 13.1 Å². The van der Waals surface area contributed by atoms with Crippen molar-refractivity contribution >= 4 is 31.9 Å². The predicted octanol–water partition coefficient (Wildman–Crippen LogP) is 3.90. The van der Waals surface area contributed by atoms with Crippen molar-refractivity contribution in [3.8, 4) is 0 Å². The molecule has 0 aliphatic heterocycles. The molecule has 1 amide bonds. The summed E-state index contributed by atoms with van der Waals surface area (Å²) < 4.78 is 27.5. The van der Waals surface area contributed by atoms with Gasteiger partial charge in [-0.15, -0.1) is 0 Å². The van der Waals surface area contributed by atoms with Gasteiger partial charge in [-0.25, -0.2) is 8.42 Å². The maximum atomic E-state index is 12.7. The summed E-state index contributed by atoms with van der Waals surface area (Å²) in [6, 6.07) is 14.1. The summed E-state index contributed by atoms with van der Waals surface area (Å²) in [4.78, 5) is 12.9. The molecule has 7 heteroatoms. The van der Waals surface area contributed by atoms with Crippen molar-refractivity contribution in [2.45, 2.75) is 37.1 Å². The van der Waals surface area contributed by atoms with Crippen LogP contribution in [0.4, 0.5) is 0 Å². The van der Waals surface area contributed by atoms with Crippen molar-refractivity contribution in [3.63, 3.8) is 0 Å². The van der Waals surface area contributed by atoms with E-state index in [-0.39, 0.29) is 16.3 Å². The maximum absolute atomic E-state index is 12.7. The van der Waals surface area contributed by atoms with Crippen LogP contribution in [-0.2, 0) is 15.6 Å². The third kappa shape index (κ3) is 4.10. The molecule has 5 nitrogen and oxygen atoms in total. The highest BCUT2D eigenvalue weighted by Gasteiger charge is 2.45. The molecule has 0 radical (unpaired) electrons. The minimum atomic E-state index is -3.52. The number of carbonyl (C=O) groups excluding carboxylic acids is 1. The van der Waals surface area contributed by atoms with Gasteiger partial charge in [0.2, 0.25) is 10.0 Å². The van der Waals surface area contributed by atoms with Gasteiger partial charge >= 0.3 is 0 Å². The minimum absolute atomic E-state index is 0.192. The lowest BCUT2D eigenvalue weighted by Crippen LogP contribution is -2.35. The monoisotopic (exact) mass is 450 g/mol. The Morgan fingerprint density at radius 3 is 2.07 bits per heavy atom. The number of rotatable bonds is 7. The number of hydrogen-bond donors (Lipinski definition) is 1. The van der Waals surface area contributed by atoms with Gasteiger partial charge in [-0.1, -0.05) is 41.9 Å². The van der Waals surface area contributed by atoms with Crippen molar-refractivity contribution in [1.82, 2.24) is 9.62 Å². The average molecular weight is 451 g/mol. The molecular formula is C20H23BrN2O3S. The van der Waals surface area contributed by atoms with Gasteiger partial charge in [-0.05, 0) is 54.8 Å². The normalized spacial score (nSPS) is 15.6. The van der Waals surface area contributed by atoms with E-state index in [9.17, 15) is 13.2 Å². The summed E-state index contributed by atoms with van der Waals surface area (Å²) in [5.41, 5.74) is 1.22. The van der Waals surface area contributed by atoms with E-state index in [4.69, 9.17) is 0 Å². The van der Waals surface area contributed by atoms with Crippen molar-refractivity contribution in [3.05, 3.63) is 64.1 Å². The van der Waals surface area contributed by atoms with Crippen LogP contribution < -0.4 is 5.32 Å². The molecule has 1 aliphatic rings. The third-order valence-electron chi connectivity index (χ3n) is 4.96. The first-order valence-corrected chi connectivity index (χ1v) is 11.2. The van der Waals surface area contributed by atoms with Crippen LogP contribution in [-0.4, -0.2) is 31.7 Å². The highest BCUT2D eigenvalue weighted by Crippen LogP contribution is 2.45. The number of sulfonamides is 1. The van der Waals surface area contributed by atoms with Crippen LogP contribution in [0.25, 0.3) is 0 Å². The van der Waals surface area contributed by atoms with Crippen molar-refractivity contribution < 1.29 is 13.2 Å². The highest BCUT2D eigenvalue weighted by molar-refractivity contribution is 9.10. The number of carbonyl (C=O) groups is 1. The van der Waals surface area contributed by atoms with Gasteiger partial charge in [-0.3, -0.25) is 4.79 Å². The van der Waals surface area contributed by atoms with Gasteiger partial charge in [0.05, 0.1) is 10.4 Å². The maximum Gasteiger partial charge on any atom is 0.251 e. The number of benzene rings is 2. The molecule has 144 valence electrons. The van der Waals surface area contributed by atoms with E-state index in [1.54, 1.807) is 26.0 Å². The Labute approximate surface area is 169 Å². The Kier molecular flexibility index (Phi) is 5.74. The van der Waals surface area contributed by atoms with E-state index in [1.165, 1.54) is 16.4 Å². The molecule has 27 heavy (non-hydrogen) atoms. The first kappa shape index (κ1) is 20.0. The summed E-state index contributed by atoms with van der Waals surface area (Å²) in [5.74, 6) is -0.192. The predicted molar refractivity (Wildman–Crippen MR) is 109 cm³/mol. The number of nitrogens with one attached hydrogen (secondary N) is 1. The Balaban J connectivity index is 1.76. The van der Waals surface area contributed by atoms with Crippen LogP contribution in [0, 0.1) is 0 Å². The molecule has 2 aromatic carbocycles. The fourth-order valence-electron chi connectivity index (χ4n) is 3.16. The SMILES string of the molecule is CCN(CC)S(=O)(=O)c1ccc(C(=O)NC2(c3ccc(Br)cc3)CC2)cc1. The molecule has 0 spiro atoms. The quantitative estimate of drug-likeness (QED) is 0.695. The van der Waals surface area contributed by atoms with E-state index in [0.29, 0.717) is 18.7 Å². The summed E-state index contributed by atoms with van der Waals surface area (Å²) in [5, 5.41) is 3.11. The summed E-state index contributed by atoms with van der Waals surface area (Å²) in [6.07, 6.45) is 1.80. The van der Waals surface area contributed by atoms with Crippen LogP contribution in [0.5, 0.6) is 0 Å². The molecule has 0 heterocycles. The van der Waals surface area contributed by atoms with Gasteiger partial charge < -0.3 is 5.32 Å². The average Bonchev–Trinajstić information content (AvgIpc) is 3.43. The molecule has 0 atom stereocenters. The minimum Gasteiger partial charge on any atom is -0.343 e. The number of amides is 1. The smallest absolute Gasteiger partial charge is 0.251 e. The van der Waals surface area contributed by atoms with Gasteiger partial charge in [0.1, 0.15) is 0 Å². The second-order valence-corrected chi connectivity index (χ2v) is 9.51. The zero-order chi connectivity index (χ0) is 19.7. The van der Waals surface area contributed by atoms with Crippen molar-refractivity contribution in [1.29, 1.82) is 0 Å². The van der Waals surface area contributed by atoms with Crippen LogP contribution >= 0.6 is 15.9 Å². The molecule has 0 unspecified atom stereocenters. The third-order valence-corrected chi connectivity index (χ3v) is 7.55. The Bertz CT molecular complexity index is 917. The van der Waals surface area contributed by atoms with E-state index >= 15 is 0 Å². The standard InChI is InChI=1S/C20H23BrN2O3S/c1-3-23(4-2)27(25,26)18-11-5-15(6-12-18)19(24)22-20(13-14-20)16-7-9-17(21)10-8-16/h5-12H,3-4,13-14H2,1-2H3,(H,22,24). The van der Waals surface area contributed by atoms with Gasteiger partial charge in [-0.2, -0.15) is 4.31 Å². The fraction of sp³-hybridized carbons (Fsp3) is 0.350. The summed E-state index contributed by atoms with van der Waals surface area (Å²) in [6.45, 7) is 4.44. The van der Waals surface area contributed by atoms with Crippen molar-refractivity contribution in [2.24, 2.45) is 0 Å². The van der Waals surface area contributed by atoms with E-state index in [1.807, 2.05) is 24.3 Å². The molecular weight excluding hydrogens is 428 g/mol. The lowest BCUT2D eigenvalue weighted by atomic mass is 10.0. The van der Waals surface area contributed by atoms with Gasteiger partial charge in [0.25, 0.3) is 5.91 Å². The Hall–Kier alpha value is -1.70. The van der Waals surface area contributed by atoms with E-state index in [0.717, 1.165) is 22.9 Å². The molecule has 1 N–H and O–H groups in total. The molecule has 0 bridgehead atoms. The first-order valence-electron chi connectivity index (χ1n) is 9.01. The number of hydrogen-bond acceptors (Lipinski definition) is 3. The fourth-order valence-corrected chi connectivity index (χ4v) is 4.88. The van der Waals surface area contributed by atoms with Crippen LogP contribution in [0.15, 0.2) is 57.9 Å². The molecule has 0 aromatic heterocycles. The highest BCUT2D eigenvalue weighted by atomic mass is 79.9. The summed E-state index contributed by atoms with van der Waals surface area (Å²) in [7, 11) is -3.52. The lowest BCUT2D eigenvalue weighted by Gasteiger charge is -2.19. The van der Waals surface area contributed by atoms with Crippen LogP contribution in [0.2, 0.25) is 0 Å². The molecule has 1 aliphatic carbocycles. The van der Waals surface area contributed by atoms with E-state index < -0.39 is 10.0 Å². The lowest BCUT2D eigenvalue weighted by molar-refractivity contribution is 0.0930. The largest absolute Gasteiger partial charge is 0.343 e. The van der Waals surface area contributed by atoms with Gasteiger partial charge in [0, 0.05) is 23.1 Å². The molecule has 1 saturated carbocycles. The molecule has 0 saturated heterocycles. The zero-order valence-electron chi connectivity index (χ0n) is 15.4. The second-order valence-electron chi connectivity index (χ2n) is 6.66. The van der Waals surface area contributed by atoms with Crippen LogP contribution in [0.3, 0.4) is 0 Å². The van der Waals surface area contributed by atoms with Gasteiger partial charge in [0.15, 0.2) is 0 Å². The molecule has 2 aromatic rings. The second kappa shape index (κ2) is 7.73. The summed E-state index contributed by atoms with van der Waals surface area (Å²) >= 11 is 3.42. The molecule has 3 rings (SSSR count). The Morgan fingerprint density at radius 1 is 1.04 bits per heavy atom.